The van der Waals surface area contributed by atoms with Crippen LogP contribution in [0.2, 0.25) is 0 Å². The van der Waals surface area contributed by atoms with E-state index in [-0.39, 0.29) is 31.1 Å². The van der Waals surface area contributed by atoms with Crippen LogP contribution in [0.4, 0.5) is 0 Å². The van der Waals surface area contributed by atoms with Crippen molar-refractivity contribution in [3.63, 3.8) is 0 Å². The molecule has 5 amide bonds. The van der Waals surface area contributed by atoms with Crippen LogP contribution in [0.15, 0.2) is 103 Å². The minimum absolute atomic E-state index is 0.0820. The maximum atomic E-state index is 14.5. The van der Waals surface area contributed by atoms with Crippen molar-refractivity contribution in [1.29, 1.82) is 0 Å². The zero-order chi connectivity index (χ0) is 41.6. The van der Waals surface area contributed by atoms with Crippen molar-refractivity contribution in [3.05, 3.63) is 119 Å². The summed E-state index contributed by atoms with van der Waals surface area (Å²) in [5.74, 6) is -2.87. The van der Waals surface area contributed by atoms with E-state index in [9.17, 15) is 24.0 Å². The number of primary amides is 1. The van der Waals surface area contributed by atoms with Crippen molar-refractivity contribution in [2.24, 2.45) is 17.4 Å². The molecule has 13 nitrogen and oxygen atoms in total. The van der Waals surface area contributed by atoms with Crippen LogP contribution in [0, 0.1) is 5.92 Å². The fraction of sp³-hybridized carbons (Fsp3) is 0.356. The molecule has 5 aromatic rings. The normalized spacial score (nSPS) is 15.1. The summed E-state index contributed by atoms with van der Waals surface area (Å²) in [5, 5.41) is 17.7. The molecule has 0 radical (unpaired) electrons. The Morgan fingerprint density at radius 2 is 1.31 bits per heavy atom. The summed E-state index contributed by atoms with van der Waals surface area (Å²) in [4.78, 5) is 73.0. The average Bonchev–Trinajstić information content (AvgIpc) is 3.93. The number of para-hydroxylation sites is 1. The number of carbonyl (C=O) groups excluding carboxylic acids is 5. The SMILES string of the molecule is NCCCC[C@H](NC(=O)[C@H](Cc1cccs1)NC(=O)[C@@H](Cc1c[nH]c2ccccc12)NC(=O)[C@@H](Cc1ccc(-c2ccccc2)cc1)NC(=O)C1CCNCC1)C(N)=O. The highest BCUT2D eigenvalue weighted by Crippen LogP contribution is 2.22. The number of thiophene rings is 1. The third kappa shape index (κ3) is 12.1. The number of fused-ring (bicyclic) bond motifs is 1. The van der Waals surface area contributed by atoms with Crippen LogP contribution in [0.25, 0.3) is 22.0 Å². The first-order valence-electron chi connectivity index (χ1n) is 20.3. The molecule has 0 unspecified atom stereocenters. The summed E-state index contributed by atoms with van der Waals surface area (Å²) >= 11 is 1.43. The number of benzene rings is 3. The van der Waals surface area contributed by atoms with Gasteiger partial charge in [-0.05, 0) is 91.5 Å². The number of nitrogens with one attached hydrogen (secondary N) is 6. The van der Waals surface area contributed by atoms with E-state index in [2.05, 4.69) is 31.6 Å². The Labute approximate surface area is 348 Å². The minimum atomic E-state index is -1.16. The third-order valence-corrected chi connectivity index (χ3v) is 11.7. The molecule has 1 aliphatic rings. The van der Waals surface area contributed by atoms with Crippen LogP contribution in [0.1, 0.15) is 48.1 Å². The fourth-order valence-electron chi connectivity index (χ4n) is 7.45. The van der Waals surface area contributed by atoms with Crippen molar-refractivity contribution in [2.45, 2.75) is 75.5 Å². The summed E-state index contributed by atoms with van der Waals surface area (Å²) in [6.07, 6.45) is 5.04. The molecule has 1 aliphatic heterocycles. The molecule has 10 N–H and O–H groups in total. The van der Waals surface area contributed by atoms with Gasteiger partial charge in [-0.2, -0.15) is 0 Å². The lowest BCUT2D eigenvalue weighted by Crippen LogP contribution is -2.59. The lowest BCUT2D eigenvalue weighted by Gasteiger charge is -2.28. The molecule has 2 aromatic heterocycles. The van der Waals surface area contributed by atoms with Crippen LogP contribution in [-0.4, -0.2) is 78.3 Å². The highest BCUT2D eigenvalue weighted by Gasteiger charge is 2.33. The number of nitrogens with two attached hydrogens (primary N) is 2. The molecule has 0 saturated carbocycles. The molecule has 14 heteroatoms. The second kappa shape index (κ2) is 21.3. The van der Waals surface area contributed by atoms with Gasteiger partial charge < -0.3 is 43.0 Å². The van der Waals surface area contributed by atoms with Gasteiger partial charge in [0.25, 0.3) is 0 Å². The summed E-state index contributed by atoms with van der Waals surface area (Å²) < 4.78 is 0. The van der Waals surface area contributed by atoms with Gasteiger partial charge in [0.1, 0.15) is 24.2 Å². The minimum Gasteiger partial charge on any atom is -0.368 e. The molecule has 310 valence electrons. The smallest absolute Gasteiger partial charge is 0.243 e. The Morgan fingerprint density at radius 1 is 0.678 bits per heavy atom. The summed E-state index contributed by atoms with van der Waals surface area (Å²) in [6, 6.07) is 25.0. The second-order valence-corrected chi connectivity index (χ2v) is 16.1. The second-order valence-electron chi connectivity index (χ2n) is 15.1. The number of amides is 5. The van der Waals surface area contributed by atoms with E-state index in [0.29, 0.717) is 51.7 Å². The number of carbonyl (C=O) groups is 5. The number of hydrogen-bond donors (Lipinski definition) is 8. The molecule has 0 aliphatic carbocycles. The van der Waals surface area contributed by atoms with E-state index in [0.717, 1.165) is 38.0 Å². The lowest BCUT2D eigenvalue weighted by molar-refractivity contribution is -0.135. The van der Waals surface area contributed by atoms with Gasteiger partial charge in [-0.25, -0.2) is 0 Å². The van der Waals surface area contributed by atoms with E-state index in [1.165, 1.54) is 11.3 Å². The van der Waals surface area contributed by atoms with Gasteiger partial charge >= 0.3 is 0 Å². The molecular weight excluding hydrogens is 765 g/mol. The Balaban J connectivity index is 1.27. The van der Waals surface area contributed by atoms with E-state index in [1.807, 2.05) is 96.4 Å². The van der Waals surface area contributed by atoms with Gasteiger partial charge in [0, 0.05) is 47.2 Å². The highest BCUT2D eigenvalue weighted by atomic mass is 32.1. The topological polar surface area (TPSA) is 213 Å². The van der Waals surface area contributed by atoms with Crippen molar-refractivity contribution in [2.75, 3.05) is 19.6 Å². The number of piperidine rings is 1. The van der Waals surface area contributed by atoms with Gasteiger partial charge in [-0.3, -0.25) is 24.0 Å². The van der Waals surface area contributed by atoms with E-state index < -0.39 is 47.8 Å². The first kappa shape index (κ1) is 42.8. The zero-order valence-corrected chi connectivity index (χ0v) is 33.9. The maximum Gasteiger partial charge on any atom is 0.243 e. The van der Waals surface area contributed by atoms with Crippen molar-refractivity contribution >= 4 is 51.8 Å². The molecular formula is C45H54N8O5S. The number of aromatic amines is 1. The average molecular weight is 819 g/mol. The van der Waals surface area contributed by atoms with Gasteiger partial charge in [-0.15, -0.1) is 11.3 Å². The standard InChI is InChI=1S/C45H54N8O5S/c46-21-7-6-14-37(41(47)54)50-45(58)40(27-34-11-8-24-59-34)53-44(57)39(26-33-28-49-36-13-5-4-12-35(33)36)52-43(56)38(51-42(55)32-19-22-48-23-20-32)25-29-15-17-31(18-16-29)30-9-2-1-3-10-30/h1-5,8-13,15-18,24,28,32,37-40,48-49H,6-7,14,19-23,25-27,46H2,(H2,47,54)(H,50,58)(H,51,55)(H,52,56)(H,53,57)/t37-,38+,39+,40-/m0/s1. The predicted octanol–water partition coefficient (Wildman–Crippen LogP) is 3.48. The molecule has 59 heavy (non-hydrogen) atoms. The van der Waals surface area contributed by atoms with Crippen molar-refractivity contribution in [3.8, 4) is 11.1 Å². The van der Waals surface area contributed by atoms with E-state index >= 15 is 0 Å². The number of hydrogen-bond acceptors (Lipinski definition) is 8. The highest BCUT2D eigenvalue weighted by molar-refractivity contribution is 7.09. The molecule has 0 spiro atoms. The van der Waals surface area contributed by atoms with E-state index in [1.54, 1.807) is 6.20 Å². The number of unbranched alkanes of at least 4 members (excludes halogenated alkanes) is 1. The van der Waals surface area contributed by atoms with Gasteiger partial charge in [0.15, 0.2) is 0 Å². The van der Waals surface area contributed by atoms with Crippen LogP contribution >= 0.6 is 11.3 Å². The Bertz CT molecular complexity index is 2150. The van der Waals surface area contributed by atoms with Crippen LogP contribution in [0.3, 0.4) is 0 Å². The van der Waals surface area contributed by atoms with Gasteiger partial charge in [0.2, 0.25) is 29.5 Å². The Hall–Kier alpha value is -5.83. The van der Waals surface area contributed by atoms with Crippen LogP contribution < -0.4 is 38.1 Å². The fourth-order valence-corrected chi connectivity index (χ4v) is 8.20. The molecule has 1 saturated heterocycles. The molecule has 3 aromatic carbocycles. The third-order valence-electron chi connectivity index (χ3n) is 10.8. The van der Waals surface area contributed by atoms with Crippen LogP contribution in [0.5, 0.6) is 0 Å². The van der Waals surface area contributed by atoms with Crippen molar-refractivity contribution in [1.82, 2.24) is 31.6 Å². The van der Waals surface area contributed by atoms with E-state index in [4.69, 9.17) is 11.5 Å². The molecule has 1 fully saturated rings. The summed E-state index contributed by atoms with van der Waals surface area (Å²) in [6.45, 7) is 1.84. The van der Waals surface area contributed by atoms with Crippen LogP contribution in [-0.2, 0) is 43.2 Å². The largest absolute Gasteiger partial charge is 0.368 e. The van der Waals surface area contributed by atoms with Gasteiger partial charge in [0.05, 0.1) is 0 Å². The first-order valence-corrected chi connectivity index (χ1v) is 21.2. The summed E-state index contributed by atoms with van der Waals surface area (Å²) in [5.41, 5.74) is 15.9. The molecule has 6 rings (SSSR count). The monoisotopic (exact) mass is 818 g/mol. The zero-order valence-electron chi connectivity index (χ0n) is 33.1. The Kier molecular flexibility index (Phi) is 15.4. The maximum absolute atomic E-state index is 14.5. The number of rotatable bonds is 20. The molecule has 4 atom stereocenters. The van der Waals surface area contributed by atoms with Gasteiger partial charge in [-0.1, -0.05) is 78.9 Å². The first-order chi connectivity index (χ1) is 28.7. The molecule has 3 heterocycles. The number of H-pyrrole nitrogens is 1. The van der Waals surface area contributed by atoms with Crippen molar-refractivity contribution < 1.29 is 24.0 Å². The quantitative estimate of drug-likeness (QED) is 0.0548. The lowest BCUT2D eigenvalue weighted by atomic mass is 9.95. The molecule has 0 bridgehead atoms. The Morgan fingerprint density at radius 3 is 1.97 bits per heavy atom. The predicted molar refractivity (Wildman–Crippen MR) is 231 cm³/mol. The summed E-state index contributed by atoms with van der Waals surface area (Å²) in [7, 11) is 0. The number of aromatic nitrogens is 1.